The van der Waals surface area contributed by atoms with Gasteiger partial charge in [-0.15, -0.1) is 0 Å². The van der Waals surface area contributed by atoms with Crippen molar-refractivity contribution in [3.05, 3.63) is 0 Å². The molecule has 0 saturated carbocycles. The van der Waals surface area contributed by atoms with Crippen molar-refractivity contribution < 1.29 is 0 Å². The van der Waals surface area contributed by atoms with Crippen LogP contribution in [-0.2, 0) is 0 Å². The SMILES string of the molecule is CC(C)(C)N.CC(C)(N)NCCN(CCN(CCN)CCN)CCN(CCNCCN)CCNCCNCCN. The van der Waals surface area contributed by atoms with Crippen LogP contribution in [0.15, 0.2) is 0 Å². The maximum atomic E-state index is 6.12. The van der Waals surface area contributed by atoms with Gasteiger partial charge in [0, 0.05) is 136 Å². The fourth-order valence-corrected chi connectivity index (χ4v) is 3.70. The first kappa shape index (κ1) is 41.6. The Hall–Kier alpha value is -0.520. The van der Waals surface area contributed by atoms with Crippen molar-refractivity contribution in [2.24, 2.45) is 34.4 Å². The summed E-state index contributed by atoms with van der Waals surface area (Å²) in [6.45, 7) is 27.6. The van der Waals surface area contributed by atoms with Gasteiger partial charge in [-0.3, -0.25) is 20.0 Å². The third-order valence-corrected chi connectivity index (χ3v) is 5.69. The van der Waals surface area contributed by atoms with Gasteiger partial charge in [0.1, 0.15) is 0 Å². The van der Waals surface area contributed by atoms with Gasteiger partial charge in [0.2, 0.25) is 0 Å². The second-order valence-corrected chi connectivity index (χ2v) is 11.9. The molecule has 0 unspecified atom stereocenters. The van der Waals surface area contributed by atoms with Crippen LogP contribution in [0.1, 0.15) is 34.6 Å². The summed E-state index contributed by atoms with van der Waals surface area (Å²) in [5.41, 5.74) is 33.8. The first-order chi connectivity index (χ1) is 18.9. The van der Waals surface area contributed by atoms with Crippen molar-refractivity contribution >= 4 is 0 Å². The largest absolute Gasteiger partial charge is 0.329 e. The summed E-state index contributed by atoms with van der Waals surface area (Å²) in [4.78, 5) is 7.39. The minimum Gasteiger partial charge on any atom is -0.329 e. The Bertz CT molecular complexity index is 500. The number of rotatable bonds is 27. The van der Waals surface area contributed by atoms with Gasteiger partial charge in [0.25, 0.3) is 0 Å². The highest BCUT2D eigenvalue weighted by atomic mass is 15.2. The molecule has 0 bridgehead atoms. The highest BCUT2D eigenvalue weighted by Gasteiger charge is 2.14. The first-order valence-electron chi connectivity index (χ1n) is 15.3. The predicted molar refractivity (Wildman–Crippen MR) is 174 cm³/mol. The Kier molecular flexibility index (Phi) is 28.4. The second kappa shape index (κ2) is 27.3. The molecule has 40 heavy (non-hydrogen) atoms. The third-order valence-electron chi connectivity index (χ3n) is 5.69. The quantitative estimate of drug-likeness (QED) is 0.0340. The maximum Gasteiger partial charge on any atom is 0.0604 e. The second-order valence-electron chi connectivity index (χ2n) is 11.9. The van der Waals surface area contributed by atoms with Crippen LogP contribution in [-0.4, -0.2) is 157 Å². The zero-order chi connectivity index (χ0) is 30.7. The van der Waals surface area contributed by atoms with Crippen molar-refractivity contribution in [1.82, 2.24) is 36.0 Å². The molecular weight excluding hydrogens is 506 g/mol. The van der Waals surface area contributed by atoms with Crippen LogP contribution in [0.5, 0.6) is 0 Å². The molecule has 0 aliphatic heterocycles. The van der Waals surface area contributed by atoms with Crippen LogP contribution in [0.2, 0.25) is 0 Å². The van der Waals surface area contributed by atoms with E-state index in [9.17, 15) is 0 Å². The highest BCUT2D eigenvalue weighted by molar-refractivity contribution is 4.73. The predicted octanol–water partition coefficient (Wildman–Crippen LogP) is -3.48. The van der Waals surface area contributed by atoms with Crippen LogP contribution in [0.25, 0.3) is 0 Å². The Balaban J connectivity index is 0. The molecule has 0 saturated heterocycles. The minimum atomic E-state index is -0.373. The average molecular weight is 578 g/mol. The lowest BCUT2D eigenvalue weighted by atomic mass is 10.1. The van der Waals surface area contributed by atoms with Crippen LogP contribution in [0.3, 0.4) is 0 Å². The van der Waals surface area contributed by atoms with Gasteiger partial charge in [-0.2, -0.15) is 0 Å². The van der Waals surface area contributed by atoms with Gasteiger partial charge in [-0.05, 0) is 34.6 Å². The Morgan fingerprint density at radius 1 is 0.425 bits per heavy atom. The molecule has 0 aliphatic rings. The number of hydrogen-bond acceptors (Lipinski definition) is 13. The van der Waals surface area contributed by atoms with Gasteiger partial charge in [-0.25, -0.2) is 0 Å². The van der Waals surface area contributed by atoms with Crippen LogP contribution in [0.4, 0.5) is 0 Å². The lowest BCUT2D eigenvalue weighted by Gasteiger charge is -2.31. The van der Waals surface area contributed by atoms with Crippen molar-refractivity contribution in [2.45, 2.75) is 45.8 Å². The zero-order valence-corrected chi connectivity index (χ0v) is 26.9. The number of nitrogens with two attached hydrogens (primary N) is 6. The lowest BCUT2D eigenvalue weighted by molar-refractivity contribution is 0.175. The summed E-state index contributed by atoms with van der Waals surface area (Å²) < 4.78 is 0. The number of nitrogens with one attached hydrogen (secondary N) is 4. The fourth-order valence-electron chi connectivity index (χ4n) is 3.70. The lowest BCUT2D eigenvalue weighted by Crippen LogP contribution is -2.51. The molecule has 0 rings (SSSR count). The Labute approximate surface area is 247 Å². The smallest absolute Gasteiger partial charge is 0.0604 e. The molecule has 0 atom stereocenters. The van der Waals surface area contributed by atoms with Gasteiger partial charge < -0.3 is 50.4 Å². The highest BCUT2D eigenvalue weighted by Crippen LogP contribution is 1.97. The molecule has 0 spiro atoms. The monoisotopic (exact) mass is 578 g/mol. The first-order valence-corrected chi connectivity index (χ1v) is 15.3. The summed E-state index contributed by atoms with van der Waals surface area (Å²) in [7, 11) is 0. The number of nitrogens with zero attached hydrogens (tertiary/aromatic N) is 3. The van der Waals surface area contributed by atoms with E-state index in [-0.39, 0.29) is 11.2 Å². The maximum absolute atomic E-state index is 6.12. The molecule has 0 radical (unpaired) electrons. The molecular formula is C27H71N13. The van der Waals surface area contributed by atoms with Crippen molar-refractivity contribution in [1.29, 1.82) is 0 Å². The Morgan fingerprint density at radius 3 is 1.12 bits per heavy atom. The molecule has 0 amide bonds. The molecule has 0 aliphatic carbocycles. The van der Waals surface area contributed by atoms with E-state index in [1.807, 2.05) is 34.6 Å². The minimum absolute atomic E-state index is 0. The number of hydrogen-bond donors (Lipinski definition) is 10. The van der Waals surface area contributed by atoms with E-state index < -0.39 is 0 Å². The Morgan fingerprint density at radius 2 is 0.750 bits per heavy atom. The van der Waals surface area contributed by atoms with E-state index in [4.69, 9.17) is 34.4 Å². The van der Waals surface area contributed by atoms with E-state index in [2.05, 4.69) is 36.0 Å². The van der Waals surface area contributed by atoms with E-state index in [1.165, 1.54) is 0 Å². The molecule has 13 nitrogen and oxygen atoms in total. The fraction of sp³-hybridized carbons (Fsp3) is 1.00. The molecule has 16 N–H and O–H groups in total. The van der Waals surface area contributed by atoms with Gasteiger partial charge in [0.05, 0.1) is 5.66 Å². The van der Waals surface area contributed by atoms with Gasteiger partial charge in [0.15, 0.2) is 0 Å². The molecule has 0 fully saturated rings. The normalized spacial score (nSPS) is 12.4. The van der Waals surface area contributed by atoms with E-state index >= 15 is 0 Å². The molecule has 244 valence electrons. The molecule has 0 aromatic carbocycles. The van der Waals surface area contributed by atoms with Crippen molar-refractivity contribution in [3.8, 4) is 0 Å². The zero-order valence-electron chi connectivity index (χ0n) is 26.9. The van der Waals surface area contributed by atoms with Crippen molar-refractivity contribution in [3.63, 3.8) is 0 Å². The standard InChI is InChI=1S/C23H60N12.C4H11N/c1-23(2,28)32-13-18-35(21-19-33(14-5-26)15-6-27)22-20-34(16-11-30-8-4-25)17-12-31-10-9-29-7-3-24;1-4(2,3)5/h29-32H,3-22,24-28H2,1-2H3;5H2,1-3H3. The van der Waals surface area contributed by atoms with Crippen LogP contribution < -0.4 is 55.7 Å². The molecule has 0 aromatic heterocycles. The van der Waals surface area contributed by atoms with Crippen molar-refractivity contribution in [2.75, 3.05) is 131 Å². The van der Waals surface area contributed by atoms with E-state index in [1.54, 1.807) is 0 Å². The third kappa shape index (κ3) is 35.5. The summed E-state index contributed by atoms with van der Waals surface area (Å²) in [6, 6.07) is 0. The van der Waals surface area contributed by atoms with E-state index in [0.717, 1.165) is 105 Å². The summed E-state index contributed by atoms with van der Waals surface area (Å²) in [5.74, 6) is 0. The average Bonchev–Trinajstić information content (AvgIpc) is 2.85. The molecule has 13 heteroatoms. The van der Waals surface area contributed by atoms with Gasteiger partial charge >= 0.3 is 0 Å². The van der Waals surface area contributed by atoms with Crippen LogP contribution in [0, 0.1) is 0 Å². The summed E-state index contributed by atoms with van der Waals surface area (Å²) in [5, 5.41) is 13.7. The summed E-state index contributed by atoms with van der Waals surface area (Å²) >= 11 is 0. The topological polar surface area (TPSA) is 214 Å². The van der Waals surface area contributed by atoms with E-state index in [0.29, 0.717) is 26.2 Å². The van der Waals surface area contributed by atoms with Gasteiger partial charge in [-0.1, -0.05) is 0 Å². The molecule has 0 heterocycles. The summed E-state index contributed by atoms with van der Waals surface area (Å²) in [6.07, 6.45) is 0. The molecule has 0 aromatic rings. The van der Waals surface area contributed by atoms with Crippen LogP contribution >= 0.6 is 0 Å².